The fourth-order valence-corrected chi connectivity index (χ4v) is 4.53. The van der Waals surface area contributed by atoms with Gasteiger partial charge in [-0.25, -0.2) is 4.98 Å². The molecular weight excluding hydrogens is 458 g/mol. The number of pyridine rings is 1. The number of rotatable bonds is 10. The number of carbonyl (C=O) groups excluding carboxylic acids is 1. The quantitative estimate of drug-likeness (QED) is 0.397. The van der Waals surface area contributed by atoms with E-state index in [0.717, 1.165) is 24.0 Å². The van der Waals surface area contributed by atoms with Crippen molar-refractivity contribution in [1.82, 2.24) is 10.3 Å². The number of carbonyl (C=O) groups is 2. The number of hydrogen-bond donors (Lipinski definition) is 4. The van der Waals surface area contributed by atoms with Gasteiger partial charge in [0, 0.05) is 24.9 Å². The number of aliphatic hydroxyl groups is 1. The maximum absolute atomic E-state index is 12.6. The van der Waals surface area contributed by atoms with Crippen molar-refractivity contribution in [3.63, 3.8) is 0 Å². The highest BCUT2D eigenvalue weighted by molar-refractivity contribution is 6.33. The number of amides is 1. The number of aromatic nitrogens is 1. The first-order valence-corrected chi connectivity index (χ1v) is 11.9. The monoisotopic (exact) mass is 489 g/mol. The molecule has 1 fully saturated rings. The zero-order chi connectivity index (χ0) is 24.7. The summed E-state index contributed by atoms with van der Waals surface area (Å²) in [5.41, 5.74) is 2.27. The maximum atomic E-state index is 12.6. The van der Waals surface area contributed by atoms with Gasteiger partial charge in [-0.15, -0.1) is 0 Å². The molecule has 1 aromatic carbocycles. The van der Waals surface area contributed by atoms with E-state index in [1.807, 2.05) is 25.1 Å². The van der Waals surface area contributed by atoms with E-state index in [4.69, 9.17) is 21.4 Å². The summed E-state index contributed by atoms with van der Waals surface area (Å²) in [5, 5.41) is 24.9. The van der Waals surface area contributed by atoms with Crippen molar-refractivity contribution in [1.29, 1.82) is 0 Å². The molecule has 8 nitrogen and oxygen atoms in total. The number of anilines is 1. The molecule has 0 unspecified atom stereocenters. The zero-order valence-electron chi connectivity index (χ0n) is 19.5. The normalized spacial score (nSPS) is 18.7. The second kappa shape index (κ2) is 12.0. The summed E-state index contributed by atoms with van der Waals surface area (Å²) in [7, 11) is 1.60. The third-order valence-electron chi connectivity index (χ3n) is 6.36. The minimum atomic E-state index is -0.734. The Morgan fingerprint density at radius 2 is 1.97 bits per heavy atom. The van der Waals surface area contributed by atoms with Gasteiger partial charge in [0.2, 0.25) is 0 Å². The van der Waals surface area contributed by atoms with Crippen LogP contribution in [0.25, 0.3) is 0 Å². The molecule has 0 spiro atoms. The number of aliphatic hydroxyl groups excluding tert-OH is 1. The third-order valence-corrected chi connectivity index (χ3v) is 6.65. The van der Waals surface area contributed by atoms with Gasteiger partial charge >= 0.3 is 5.97 Å². The maximum Gasteiger partial charge on any atom is 0.306 e. The summed E-state index contributed by atoms with van der Waals surface area (Å²) in [4.78, 5) is 28.0. The van der Waals surface area contributed by atoms with E-state index >= 15 is 0 Å². The lowest BCUT2D eigenvalue weighted by Crippen LogP contribution is -2.32. The first kappa shape index (κ1) is 25.8. The van der Waals surface area contributed by atoms with E-state index in [1.165, 1.54) is 6.20 Å². The van der Waals surface area contributed by atoms with Gasteiger partial charge in [0.15, 0.2) is 0 Å². The number of methoxy groups -OCH3 is 1. The Morgan fingerprint density at radius 3 is 2.59 bits per heavy atom. The van der Waals surface area contributed by atoms with Crippen LogP contribution in [-0.4, -0.2) is 47.3 Å². The summed E-state index contributed by atoms with van der Waals surface area (Å²) in [6, 6.07) is 7.17. The number of nitrogens with zero attached hydrogens (tertiary/aromatic N) is 1. The van der Waals surface area contributed by atoms with Crippen LogP contribution < -0.4 is 15.4 Å². The Labute approximate surface area is 204 Å². The molecule has 9 heteroatoms. The molecule has 1 amide bonds. The molecule has 0 radical (unpaired) electrons. The minimum absolute atomic E-state index is 0.0636. The molecule has 1 aliphatic rings. The molecule has 0 saturated heterocycles. The fraction of sp³-hybridized carbons (Fsp3) is 0.480. The van der Waals surface area contributed by atoms with E-state index < -0.39 is 5.97 Å². The van der Waals surface area contributed by atoms with Gasteiger partial charge in [-0.2, -0.15) is 0 Å². The zero-order valence-corrected chi connectivity index (χ0v) is 20.3. The van der Waals surface area contributed by atoms with Crippen molar-refractivity contribution >= 4 is 29.3 Å². The van der Waals surface area contributed by atoms with Crippen molar-refractivity contribution in [2.45, 2.75) is 45.1 Å². The molecule has 1 aromatic heterocycles. The Bertz CT molecular complexity index is 1010. The van der Waals surface area contributed by atoms with E-state index in [9.17, 15) is 14.7 Å². The van der Waals surface area contributed by atoms with Crippen LogP contribution in [0.15, 0.2) is 30.5 Å². The molecule has 0 aliphatic heterocycles. The molecular formula is C25H32ClN3O5. The summed E-state index contributed by atoms with van der Waals surface area (Å²) in [6.45, 7) is 2.52. The van der Waals surface area contributed by atoms with Gasteiger partial charge in [-0.1, -0.05) is 17.7 Å². The van der Waals surface area contributed by atoms with Crippen molar-refractivity contribution < 1.29 is 24.5 Å². The molecule has 1 heterocycles. The lowest BCUT2D eigenvalue weighted by atomic mass is 9.82. The van der Waals surface area contributed by atoms with Crippen molar-refractivity contribution in [3.05, 3.63) is 52.2 Å². The summed E-state index contributed by atoms with van der Waals surface area (Å²) >= 11 is 6.43. The summed E-state index contributed by atoms with van der Waals surface area (Å²) in [6.07, 6.45) is 4.91. The van der Waals surface area contributed by atoms with Gasteiger partial charge in [-0.05, 0) is 68.7 Å². The van der Waals surface area contributed by atoms with Gasteiger partial charge in [0.05, 0.1) is 29.7 Å². The van der Waals surface area contributed by atoms with E-state index in [-0.39, 0.29) is 30.4 Å². The van der Waals surface area contributed by atoms with Crippen molar-refractivity contribution in [3.8, 4) is 5.75 Å². The lowest BCUT2D eigenvalue weighted by molar-refractivity contribution is -0.143. The Kier molecular flexibility index (Phi) is 9.12. The Morgan fingerprint density at radius 1 is 1.24 bits per heavy atom. The van der Waals surface area contributed by atoms with Crippen LogP contribution in [0.3, 0.4) is 0 Å². The summed E-state index contributed by atoms with van der Waals surface area (Å²) in [5.74, 6) is 0.185. The molecule has 3 rings (SSSR count). The SMILES string of the molecule is COc1ccc(CCO)cc1[C@H](C)Nc1ncc(C(=O)NCC2CCC(C(=O)O)CC2)cc1Cl. The van der Waals surface area contributed by atoms with Crippen LogP contribution in [0.1, 0.15) is 60.1 Å². The topological polar surface area (TPSA) is 121 Å². The fourth-order valence-electron chi connectivity index (χ4n) is 4.31. The van der Waals surface area contributed by atoms with E-state index in [2.05, 4.69) is 15.6 Å². The van der Waals surface area contributed by atoms with Crippen LogP contribution in [0, 0.1) is 11.8 Å². The molecule has 1 aliphatic carbocycles. The van der Waals surface area contributed by atoms with Crippen LogP contribution in [-0.2, 0) is 11.2 Å². The van der Waals surface area contributed by atoms with Crippen molar-refractivity contribution in [2.24, 2.45) is 11.8 Å². The molecule has 0 bridgehead atoms. The Balaban J connectivity index is 1.60. The number of nitrogens with one attached hydrogen (secondary N) is 2. The third kappa shape index (κ3) is 6.61. The molecule has 1 saturated carbocycles. The first-order chi connectivity index (χ1) is 16.3. The largest absolute Gasteiger partial charge is 0.496 e. The second-order valence-corrected chi connectivity index (χ2v) is 9.14. The van der Waals surface area contributed by atoms with E-state index in [0.29, 0.717) is 48.0 Å². The highest BCUT2D eigenvalue weighted by Gasteiger charge is 2.26. The highest BCUT2D eigenvalue weighted by Crippen LogP contribution is 2.31. The van der Waals surface area contributed by atoms with Gasteiger partial charge in [0.25, 0.3) is 5.91 Å². The average Bonchev–Trinajstić information content (AvgIpc) is 2.84. The van der Waals surface area contributed by atoms with Gasteiger partial charge in [0.1, 0.15) is 11.6 Å². The second-order valence-electron chi connectivity index (χ2n) is 8.74. The molecule has 1 atom stereocenters. The molecule has 34 heavy (non-hydrogen) atoms. The molecule has 4 N–H and O–H groups in total. The summed E-state index contributed by atoms with van der Waals surface area (Å²) < 4.78 is 5.47. The minimum Gasteiger partial charge on any atom is -0.496 e. The van der Waals surface area contributed by atoms with E-state index in [1.54, 1.807) is 13.2 Å². The average molecular weight is 490 g/mol. The first-order valence-electron chi connectivity index (χ1n) is 11.5. The van der Waals surface area contributed by atoms with Crippen LogP contribution in [0.2, 0.25) is 5.02 Å². The standard InChI is InChI=1S/C25H32ClN3O5/c1-15(20-11-16(9-10-30)5-8-22(20)34-2)29-23-21(26)12-19(14-27-23)24(31)28-13-17-3-6-18(7-4-17)25(32)33/h5,8,11-12,14-15,17-18,30H,3-4,6-7,9-10,13H2,1-2H3,(H,27,29)(H,28,31)(H,32,33)/t15-,17?,18?/m0/s1. The highest BCUT2D eigenvalue weighted by atomic mass is 35.5. The predicted octanol–water partition coefficient (Wildman–Crippen LogP) is 4.07. The lowest BCUT2D eigenvalue weighted by Gasteiger charge is -2.26. The number of carboxylic acid groups (broad SMARTS) is 1. The number of ether oxygens (including phenoxy) is 1. The van der Waals surface area contributed by atoms with Crippen LogP contribution in [0.5, 0.6) is 5.75 Å². The number of halogens is 1. The number of hydrogen-bond acceptors (Lipinski definition) is 6. The van der Waals surface area contributed by atoms with Crippen LogP contribution >= 0.6 is 11.6 Å². The van der Waals surface area contributed by atoms with Crippen LogP contribution in [0.4, 0.5) is 5.82 Å². The van der Waals surface area contributed by atoms with Gasteiger partial charge < -0.3 is 25.6 Å². The predicted molar refractivity (Wildman–Crippen MR) is 130 cm³/mol. The van der Waals surface area contributed by atoms with Crippen molar-refractivity contribution in [2.75, 3.05) is 25.6 Å². The smallest absolute Gasteiger partial charge is 0.306 e. The number of aliphatic carboxylic acids is 1. The molecule has 2 aromatic rings. The van der Waals surface area contributed by atoms with Gasteiger partial charge in [-0.3, -0.25) is 9.59 Å². The number of benzene rings is 1. The molecule has 184 valence electrons. The Hall–Kier alpha value is -2.84. The number of carboxylic acids is 1.